The first-order valence-electron chi connectivity index (χ1n) is 7.70. The van der Waals surface area contributed by atoms with E-state index in [1.54, 1.807) is 30.3 Å². The van der Waals surface area contributed by atoms with Gasteiger partial charge in [0.1, 0.15) is 11.6 Å². The van der Waals surface area contributed by atoms with Crippen molar-refractivity contribution in [3.63, 3.8) is 0 Å². The molecule has 0 radical (unpaired) electrons. The van der Waals surface area contributed by atoms with E-state index in [9.17, 15) is 10.1 Å². The van der Waals surface area contributed by atoms with Gasteiger partial charge >= 0.3 is 0 Å². The zero-order chi connectivity index (χ0) is 17.9. The molecule has 0 fully saturated rings. The van der Waals surface area contributed by atoms with Crippen LogP contribution in [0.25, 0.3) is 6.08 Å². The summed E-state index contributed by atoms with van der Waals surface area (Å²) in [5.41, 5.74) is 3.68. The Morgan fingerprint density at radius 2 is 1.92 bits per heavy atom. The second kappa shape index (κ2) is 7.37. The number of nitrogens with one attached hydrogen (secondary N) is 1. The molecule has 0 unspecified atom stereocenters. The molecule has 0 saturated heterocycles. The van der Waals surface area contributed by atoms with Gasteiger partial charge in [0.2, 0.25) is 0 Å². The Balaban J connectivity index is 2.29. The van der Waals surface area contributed by atoms with Crippen LogP contribution < -0.4 is 5.32 Å². The molecule has 0 atom stereocenters. The Morgan fingerprint density at radius 1 is 1.29 bits per heavy atom. The van der Waals surface area contributed by atoms with Crippen LogP contribution in [0, 0.1) is 25.2 Å². The molecule has 124 valence electrons. The van der Waals surface area contributed by atoms with Gasteiger partial charge in [-0.3, -0.25) is 4.79 Å². The quantitative estimate of drug-likeness (QED) is 0.636. The number of halogens is 1. The Kier molecular flexibility index (Phi) is 5.48. The lowest BCUT2D eigenvalue weighted by Crippen LogP contribution is -2.13. The Bertz CT molecular complexity index is 824. The number of benzene rings is 1. The molecule has 0 saturated carbocycles. The van der Waals surface area contributed by atoms with Gasteiger partial charge in [-0.15, -0.1) is 0 Å². The molecule has 1 N–H and O–H groups in total. The molecule has 0 bridgehead atoms. The molecule has 0 spiro atoms. The number of carbonyl (C=O) groups is 1. The van der Waals surface area contributed by atoms with E-state index in [1.807, 2.05) is 26.0 Å². The number of anilines is 1. The maximum Gasteiger partial charge on any atom is 0.266 e. The molecular formula is C19H20ClN3O. The van der Waals surface area contributed by atoms with Crippen LogP contribution in [0.3, 0.4) is 0 Å². The molecule has 4 nitrogen and oxygen atoms in total. The van der Waals surface area contributed by atoms with Gasteiger partial charge in [0.25, 0.3) is 5.91 Å². The highest BCUT2D eigenvalue weighted by Crippen LogP contribution is 2.22. The van der Waals surface area contributed by atoms with E-state index >= 15 is 0 Å². The second-order valence-corrected chi connectivity index (χ2v) is 6.36. The fourth-order valence-corrected chi connectivity index (χ4v) is 2.91. The fourth-order valence-electron chi connectivity index (χ4n) is 2.78. The summed E-state index contributed by atoms with van der Waals surface area (Å²) in [6.07, 6.45) is 1.63. The van der Waals surface area contributed by atoms with Crippen molar-refractivity contribution in [3.8, 4) is 6.07 Å². The number of nitrogens with zero attached hydrogens (tertiary/aromatic N) is 2. The second-order valence-electron chi connectivity index (χ2n) is 5.92. The maximum atomic E-state index is 12.3. The highest BCUT2D eigenvalue weighted by Gasteiger charge is 2.14. The van der Waals surface area contributed by atoms with Crippen LogP contribution in [0.2, 0.25) is 5.02 Å². The summed E-state index contributed by atoms with van der Waals surface area (Å²) in [6.45, 7) is 8.22. The lowest BCUT2D eigenvalue weighted by molar-refractivity contribution is -0.112. The van der Waals surface area contributed by atoms with Crippen LogP contribution in [0.15, 0.2) is 35.9 Å². The van der Waals surface area contributed by atoms with Crippen molar-refractivity contribution in [1.29, 1.82) is 5.26 Å². The lowest BCUT2D eigenvalue weighted by atomic mass is 10.1. The zero-order valence-corrected chi connectivity index (χ0v) is 15.0. The van der Waals surface area contributed by atoms with E-state index in [0.29, 0.717) is 16.8 Å². The van der Waals surface area contributed by atoms with Crippen molar-refractivity contribution in [1.82, 2.24) is 4.57 Å². The van der Waals surface area contributed by atoms with E-state index in [4.69, 9.17) is 11.6 Å². The number of nitriles is 1. The van der Waals surface area contributed by atoms with Crippen LogP contribution in [-0.4, -0.2) is 10.5 Å². The third-order valence-corrected chi connectivity index (χ3v) is 4.06. The van der Waals surface area contributed by atoms with Gasteiger partial charge in [-0.25, -0.2) is 0 Å². The molecule has 5 heteroatoms. The van der Waals surface area contributed by atoms with Crippen molar-refractivity contribution >= 4 is 29.3 Å². The van der Waals surface area contributed by atoms with Gasteiger partial charge in [-0.05, 0) is 69.7 Å². The summed E-state index contributed by atoms with van der Waals surface area (Å²) in [6, 6.07) is 11.0. The normalized spacial score (nSPS) is 11.5. The number of rotatable bonds is 4. The van der Waals surface area contributed by atoms with Crippen LogP contribution in [-0.2, 0) is 4.79 Å². The van der Waals surface area contributed by atoms with Crippen molar-refractivity contribution in [3.05, 3.63) is 57.9 Å². The van der Waals surface area contributed by atoms with E-state index in [1.165, 1.54) is 0 Å². The Labute approximate surface area is 147 Å². The number of hydrogen-bond donors (Lipinski definition) is 1. The number of aryl methyl sites for hydroxylation is 1. The molecule has 0 aliphatic rings. The van der Waals surface area contributed by atoms with E-state index < -0.39 is 5.91 Å². The topological polar surface area (TPSA) is 57.8 Å². The molecule has 0 aliphatic heterocycles. The first-order chi connectivity index (χ1) is 11.3. The van der Waals surface area contributed by atoms with Gasteiger partial charge in [0.15, 0.2) is 0 Å². The zero-order valence-electron chi connectivity index (χ0n) is 14.2. The smallest absolute Gasteiger partial charge is 0.266 e. The third-order valence-electron chi connectivity index (χ3n) is 3.81. The average Bonchev–Trinajstić information content (AvgIpc) is 2.81. The van der Waals surface area contributed by atoms with Gasteiger partial charge < -0.3 is 9.88 Å². The highest BCUT2D eigenvalue weighted by atomic mass is 35.5. The summed E-state index contributed by atoms with van der Waals surface area (Å²) in [7, 11) is 0. The van der Waals surface area contributed by atoms with Crippen LogP contribution in [0.5, 0.6) is 0 Å². The molecule has 1 heterocycles. The fraction of sp³-hybridized carbons (Fsp3) is 0.263. The van der Waals surface area contributed by atoms with Gasteiger partial charge in [-0.2, -0.15) is 5.26 Å². The van der Waals surface area contributed by atoms with Gasteiger partial charge in [0.05, 0.1) is 0 Å². The number of aromatic nitrogens is 1. The molecule has 2 aromatic rings. The monoisotopic (exact) mass is 341 g/mol. The first-order valence-corrected chi connectivity index (χ1v) is 8.08. The third kappa shape index (κ3) is 3.87. The minimum absolute atomic E-state index is 0.0638. The number of amides is 1. The number of hydrogen-bond acceptors (Lipinski definition) is 2. The summed E-state index contributed by atoms with van der Waals surface area (Å²) < 4.78 is 2.18. The van der Waals surface area contributed by atoms with Crippen LogP contribution >= 0.6 is 11.6 Å². The number of carbonyl (C=O) groups excluding carboxylic acids is 1. The minimum Gasteiger partial charge on any atom is -0.346 e. The molecule has 24 heavy (non-hydrogen) atoms. The maximum absolute atomic E-state index is 12.3. The molecule has 1 aromatic heterocycles. The van der Waals surface area contributed by atoms with E-state index in [0.717, 1.165) is 17.0 Å². The first kappa shape index (κ1) is 17.8. The Hall–Kier alpha value is -2.51. The van der Waals surface area contributed by atoms with Gasteiger partial charge in [-0.1, -0.05) is 11.6 Å². The lowest BCUT2D eigenvalue weighted by Gasteiger charge is -2.13. The minimum atomic E-state index is -0.436. The van der Waals surface area contributed by atoms with Crippen LogP contribution in [0.4, 0.5) is 5.69 Å². The summed E-state index contributed by atoms with van der Waals surface area (Å²) >= 11 is 5.83. The van der Waals surface area contributed by atoms with Crippen molar-refractivity contribution in [2.75, 3.05) is 5.32 Å². The molecule has 1 aromatic carbocycles. The molecule has 0 aliphatic carbocycles. The highest BCUT2D eigenvalue weighted by molar-refractivity contribution is 6.30. The van der Waals surface area contributed by atoms with Crippen molar-refractivity contribution < 1.29 is 4.79 Å². The molecule has 2 rings (SSSR count). The van der Waals surface area contributed by atoms with E-state index in [-0.39, 0.29) is 5.57 Å². The molecule has 1 amide bonds. The van der Waals surface area contributed by atoms with Crippen LogP contribution in [0.1, 0.15) is 36.8 Å². The largest absolute Gasteiger partial charge is 0.346 e. The standard InChI is InChI=1S/C19H20ClN3O/c1-12(2)23-13(3)9-15(14(23)4)10-16(11-21)19(24)22-18-7-5-17(20)6-8-18/h5-10,12H,1-4H3,(H,22,24)/b16-10+. The Morgan fingerprint density at radius 3 is 2.42 bits per heavy atom. The van der Waals surface area contributed by atoms with E-state index in [2.05, 4.69) is 23.7 Å². The summed E-state index contributed by atoms with van der Waals surface area (Å²) in [5.74, 6) is -0.436. The average molecular weight is 342 g/mol. The van der Waals surface area contributed by atoms with Crippen molar-refractivity contribution in [2.45, 2.75) is 33.7 Å². The molecular weight excluding hydrogens is 322 g/mol. The predicted octanol–water partition coefficient (Wildman–Crippen LogP) is 4.88. The van der Waals surface area contributed by atoms with Gasteiger partial charge in [0, 0.05) is 28.1 Å². The summed E-state index contributed by atoms with van der Waals surface area (Å²) in [4.78, 5) is 12.3. The SMILES string of the molecule is Cc1cc(/C=C(\C#N)C(=O)Nc2ccc(Cl)cc2)c(C)n1C(C)C. The summed E-state index contributed by atoms with van der Waals surface area (Å²) in [5, 5.41) is 12.6. The van der Waals surface area contributed by atoms with Crippen molar-refractivity contribution in [2.24, 2.45) is 0 Å². The predicted molar refractivity (Wildman–Crippen MR) is 98.0 cm³/mol.